The highest BCUT2D eigenvalue weighted by Crippen LogP contribution is 2.29. The van der Waals surface area contributed by atoms with E-state index in [9.17, 15) is 9.90 Å². The van der Waals surface area contributed by atoms with E-state index in [1.807, 2.05) is 0 Å². The Morgan fingerprint density at radius 3 is 2.06 bits per heavy atom. The van der Waals surface area contributed by atoms with Crippen LogP contribution >= 0.6 is 0 Å². The minimum atomic E-state index is -0.600. The molecule has 0 radical (unpaired) electrons. The van der Waals surface area contributed by atoms with Crippen molar-refractivity contribution in [2.24, 2.45) is 17.8 Å². The van der Waals surface area contributed by atoms with Crippen molar-refractivity contribution in [1.82, 2.24) is 4.90 Å². The van der Waals surface area contributed by atoms with Gasteiger partial charge in [-0.05, 0) is 24.7 Å². The van der Waals surface area contributed by atoms with E-state index in [1.54, 1.807) is 0 Å². The zero-order valence-electron chi connectivity index (χ0n) is 12.4. The van der Waals surface area contributed by atoms with Gasteiger partial charge in [-0.3, -0.25) is 9.69 Å². The molecule has 0 heterocycles. The lowest BCUT2D eigenvalue weighted by Gasteiger charge is -2.40. The van der Waals surface area contributed by atoms with Gasteiger partial charge >= 0.3 is 5.97 Å². The minimum absolute atomic E-state index is 0.156. The zero-order chi connectivity index (χ0) is 13.7. The largest absolute Gasteiger partial charge is 0.481 e. The fraction of sp³-hybridized carbons (Fsp3) is 0.933. The highest BCUT2D eigenvalue weighted by molar-refractivity contribution is 5.71. The molecule has 2 unspecified atom stereocenters. The fourth-order valence-electron chi connectivity index (χ4n) is 3.12. The van der Waals surface area contributed by atoms with Gasteiger partial charge < -0.3 is 5.11 Å². The molecule has 1 aliphatic carbocycles. The topological polar surface area (TPSA) is 40.5 Å². The summed E-state index contributed by atoms with van der Waals surface area (Å²) in [5, 5.41) is 9.40. The summed E-state index contributed by atoms with van der Waals surface area (Å²) in [4.78, 5) is 13.9. The lowest BCUT2D eigenvalue weighted by atomic mass is 9.83. The molecule has 0 saturated heterocycles. The van der Waals surface area contributed by atoms with Crippen molar-refractivity contribution in [3.8, 4) is 0 Å². The summed E-state index contributed by atoms with van der Waals surface area (Å²) in [5.74, 6) is 0.439. The molecule has 0 aromatic rings. The van der Waals surface area contributed by atoms with Gasteiger partial charge in [-0.25, -0.2) is 0 Å². The van der Waals surface area contributed by atoms with Crippen molar-refractivity contribution >= 4 is 5.97 Å². The molecule has 1 saturated carbocycles. The van der Waals surface area contributed by atoms with E-state index in [-0.39, 0.29) is 12.0 Å². The molecule has 18 heavy (non-hydrogen) atoms. The van der Waals surface area contributed by atoms with Crippen molar-refractivity contribution in [1.29, 1.82) is 0 Å². The molecule has 106 valence electrons. The van der Waals surface area contributed by atoms with E-state index in [0.717, 1.165) is 32.4 Å². The summed E-state index contributed by atoms with van der Waals surface area (Å²) in [7, 11) is 0. The molecule has 1 aliphatic rings. The summed E-state index contributed by atoms with van der Waals surface area (Å²) in [6, 6.07) is 0.251. The molecule has 0 aliphatic heterocycles. The van der Waals surface area contributed by atoms with E-state index >= 15 is 0 Å². The Morgan fingerprint density at radius 2 is 1.61 bits per heavy atom. The normalized spacial score (nSPS) is 25.1. The molecule has 3 heteroatoms. The average Bonchev–Trinajstić information content (AvgIpc) is 2.26. The summed E-state index contributed by atoms with van der Waals surface area (Å²) in [6.45, 7) is 10.9. The number of rotatable bonds is 6. The first kappa shape index (κ1) is 15.5. The highest BCUT2D eigenvalue weighted by atomic mass is 16.4. The molecule has 3 nitrogen and oxygen atoms in total. The Morgan fingerprint density at radius 1 is 1.11 bits per heavy atom. The number of hydrogen-bond acceptors (Lipinski definition) is 2. The molecular formula is C15H29NO2. The van der Waals surface area contributed by atoms with Gasteiger partial charge in [-0.15, -0.1) is 0 Å². The Labute approximate surface area is 112 Å². The molecule has 0 aromatic carbocycles. The van der Waals surface area contributed by atoms with Crippen LogP contribution in [0.4, 0.5) is 0 Å². The average molecular weight is 255 g/mol. The third-order valence-electron chi connectivity index (χ3n) is 3.72. The Hall–Kier alpha value is -0.570. The minimum Gasteiger partial charge on any atom is -0.481 e. The van der Waals surface area contributed by atoms with Gasteiger partial charge in [0, 0.05) is 19.1 Å². The Kier molecular flexibility index (Phi) is 6.13. The van der Waals surface area contributed by atoms with Crippen LogP contribution in [0.25, 0.3) is 0 Å². The number of carboxylic acid groups (broad SMARTS) is 1. The van der Waals surface area contributed by atoms with Crippen LogP contribution in [0, 0.1) is 17.8 Å². The van der Waals surface area contributed by atoms with Crippen LogP contribution in [-0.2, 0) is 4.79 Å². The monoisotopic (exact) mass is 255 g/mol. The zero-order valence-corrected chi connectivity index (χ0v) is 12.4. The summed E-state index contributed by atoms with van der Waals surface area (Å²) >= 11 is 0. The predicted octanol–water partition coefficient (Wildman–Crippen LogP) is 3.24. The van der Waals surface area contributed by atoms with Crippen molar-refractivity contribution in [3.63, 3.8) is 0 Å². The molecule has 2 atom stereocenters. The van der Waals surface area contributed by atoms with Crippen LogP contribution in [0.2, 0.25) is 0 Å². The lowest BCUT2D eigenvalue weighted by Crippen LogP contribution is -2.48. The number of aliphatic carboxylic acids is 1. The lowest BCUT2D eigenvalue weighted by molar-refractivity contribution is -0.146. The number of hydrogen-bond donors (Lipinski definition) is 1. The highest BCUT2D eigenvalue weighted by Gasteiger charge is 2.35. The van der Waals surface area contributed by atoms with Crippen molar-refractivity contribution in [3.05, 3.63) is 0 Å². The maximum absolute atomic E-state index is 11.4. The number of carbonyl (C=O) groups is 1. The van der Waals surface area contributed by atoms with Gasteiger partial charge in [0.1, 0.15) is 0 Å². The van der Waals surface area contributed by atoms with Crippen LogP contribution < -0.4 is 0 Å². The van der Waals surface area contributed by atoms with Crippen molar-refractivity contribution in [2.45, 2.75) is 59.4 Å². The van der Waals surface area contributed by atoms with Gasteiger partial charge in [0.25, 0.3) is 0 Å². The van der Waals surface area contributed by atoms with Crippen LogP contribution in [0.15, 0.2) is 0 Å². The van der Waals surface area contributed by atoms with Crippen LogP contribution in [0.3, 0.4) is 0 Å². The Balaban J connectivity index is 2.76. The molecular weight excluding hydrogens is 226 g/mol. The van der Waals surface area contributed by atoms with E-state index in [4.69, 9.17) is 0 Å². The third kappa shape index (κ3) is 4.60. The maximum atomic E-state index is 11.4. The second-order valence-electron chi connectivity index (χ2n) is 6.54. The standard InChI is InChI=1S/C15H29NO2/c1-11(2)9-16(10-12(3)4)14-8-6-5-7-13(14)15(17)18/h11-14H,5-10H2,1-4H3,(H,17,18). The van der Waals surface area contributed by atoms with E-state index < -0.39 is 5.97 Å². The first-order valence-corrected chi connectivity index (χ1v) is 7.38. The SMILES string of the molecule is CC(C)CN(CC(C)C)C1CCCCC1C(=O)O. The number of carboxylic acids is 1. The fourth-order valence-corrected chi connectivity index (χ4v) is 3.12. The summed E-state index contributed by atoms with van der Waals surface area (Å²) in [5.41, 5.74) is 0. The molecule has 1 rings (SSSR count). The van der Waals surface area contributed by atoms with Crippen LogP contribution in [-0.4, -0.2) is 35.1 Å². The molecule has 0 bridgehead atoms. The van der Waals surface area contributed by atoms with Gasteiger partial charge in [0.2, 0.25) is 0 Å². The molecule has 1 N–H and O–H groups in total. The van der Waals surface area contributed by atoms with Gasteiger partial charge in [-0.2, -0.15) is 0 Å². The van der Waals surface area contributed by atoms with Gasteiger partial charge in [0.05, 0.1) is 5.92 Å². The van der Waals surface area contributed by atoms with Gasteiger partial charge in [0.15, 0.2) is 0 Å². The van der Waals surface area contributed by atoms with E-state index in [0.29, 0.717) is 11.8 Å². The number of nitrogens with zero attached hydrogens (tertiary/aromatic N) is 1. The summed E-state index contributed by atoms with van der Waals surface area (Å²) in [6.07, 6.45) is 4.16. The van der Waals surface area contributed by atoms with E-state index in [1.165, 1.54) is 6.42 Å². The van der Waals surface area contributed by atoms with Gasteiger partial charge in [-0.1, -0.05) is 40.5 Å². The predicted molar refractivity (Wildman–Crippen MR) is 74.6 cm³/mol. The Bertz CT molecular complexity index is 253. The molecule has 1 fully saturated rings. The first-order valence-electron chi connectivity index (χ1n) is 7.38. The van der Waals surface area contributed by atoms with Crippen LogP contribution in [0.1, 0.15) is 53.4 Å². The van der Waals surface area contributed by atoms with Crippen molar-refractivity contribution < 1.29 is 9.90 Å². The first-order chi connectivity index (χ1) is 8.41. The quantitative estimate of drug-likeness (QED) is 0.792. The molecule has 0 spiro atoms. The second-order valence-corrected chi connectivity index (χ2v) is 6.54. The molecule has 0 aromatic heterocycles. The second kappa shape index (κ2) is 7.13. The maximum Gasteiger partial charge on any atom is 0.308 e. The third-order valence-corrected chi connectivity index (χ3v) is 3.72. The molecule has 0 amide bonds. The van der Waals surface area contributed by atoms with E-state index in [2.05, 4.69) is 32.6 Å². The van der Waals surface area contributed by atoms with Crippen LogP contribution in [0.5, 0.6) is 0 Å². The smallest absolute Gasteiger partial charge is 0.308 e. The summed E-state index contributed by atoms with van der Waals surface area (Å²) < 4.78 is 0. The van der Waals surface area contributed by atoms with Crippen molar-refractivity contribution in [2.75, 3.05) is 13.1 Å².